The number of hydrogen-bond acceptors (Lipinski definition) is 15. The maximum absolute atomic E-state index is 12.9. The second kappa shape index (κ2) is 15.2. The van der Waals surface area contributed by atoms with Gasteiger partial charge in [0.1, 0.15) is 36.6 Å². The zero-order chi connectivity index (χ0) is 32.8. The largest absolute Gasteiger partial charge is 0.504 e. The molecule has 2 aromatic rings. The summed E-state index contributed by atoms with van der Waals surface area (Å²) in [5.74, 6) is -1.49. The molecule has 248 valence electrons. The third kappa shape index (κ3) is 8.21. The quantitative estimate of drug-likeness (QED) is 0.0862. The molecule has 4 rings (SSSR count). The van der Waals surface area contributed by atoms with Crippen molar-refractivity contribution < 1.29 is 74.1 Å². The van der Waals surface area contributed by atoms with Crippen molar-refractivity contribution in [1.29, 1.82) is 0 Å². The lowest BCUT2D eigenvalue weighted by Gasteiger charge is -2.46. The summed E-state index contributed by atoms with van der Waals surface area (Å²) in [4.78, 5) is 12.9. The van der Waals surface area contributed by atoms with Crippen LogP contribution in [0.3, 0.4) is 0 Å². The fourth-order valence-electron chi connectivity index (χ4n) is 4.91. The molecule has 2 aromatic carbocycles. The van der Waals surface area contributed by atoms with Crippen LogP contribution in [0.1, 0.15) is 18.1 Å². The van der Waals surface area contributed by atoms with Crippen molar-refractivity contribution >= 4 is 12.0 Å². The summed E-state index contributed by atoms with van der Waals surface area (Å²) in [6.07, 6.45) is -12.3. The van der Waals surface area contributed by atoms with Gasteiger partial charge in [0.25, 0.3) is 0 Å². The summed E-state index contributed by atoms with van der Waals surface area (Å²) in [6.45, 7) is 0.645. The number of rotatable bonds is 11. The number of benzene rings is 2. The predicted molar refractivity (Wildman–Crippen MR) is 152 cm³/mol. The highest BCUT2D eigenvalue weighted by Crippen LogP contribution is 2.32. The normalized spacial score (nSPS) is 32.0. The minimum absolute atomic E-state index is 0.0649. The van der Waals surface area contributed by atoms with E-state index in [4.69, 9.17) is 28.4 Å². The molecule has 2 aliphatic rings. The van der Waals surface area contributed by atoms with Crippen LogP contribution in [0.15, 0.2) is 42.5 Å². The fraction of sp³-hybridized carbons (Fsp3) is 0.500. The Bertz CT molecular complexity index is 1320. The van der Waals surface area contributed by atoms with E-state index in [0.717, 1.165) is 6.08 Å². The summed E-state index contributed by atoms with van der Waals surface area (Å²) in [5.41, 5.74) is 1.07. The Labute approximate surface area is 258 Å². The number of aliphatic hydroxyl groups excluding tert-OH is 5. The van der Waals surface area contributed by atoms with Gasteiger partial charge < -0.3 is 69.3 Å². The number of ether oxygens (including phenoxy) is 6. The average Bonchev–Trinajstić information content (AvgIpc) is 3.02. The lowest BCUT2D eigenvalue weighted by molar-refractivity contribution is -0.357. The van der Waals surface area contributed by atoms with Crippen molar-refractivity contribution in [3.05, 3.63) is 53.6 Å². The van der Waals surface area contributed by atoms with E-state index in [0.29, 0.717) is 11.1 Å². The van der Waals surface area contributed by atoms with Crippen molar-refractivity contribution in [3.63, 3.8) is 0 Å². The van der Waals surface area contributed by atoms with Crippen LogP contribution in [-0.2, 0) is 34.9 Å². The van der Waals surface area contributed by atoms with Crippen LogP contribution < -0.4 is 4.74 Å². The van der Waals surface area contributed by atoms with E-state index in [1.807, 2.05) is 0 Å². The van der Waals surface area contributed by atoms with Gasteiger partial charge >= 0.3 is 5.97 Å². The lowest BCUT2D eigenvalue weighted by Crippen LogP contribution is -2.65. The Hall–Kier alpha value is -3.51. The van der Waals surface area contributed by atoms with Crippen LogP contribution in [0.4, 0.5) is 0 Å². The van der Waals surface area contributed by atoms with Gasteiger partial charge in [0.05, 0.1) is 26.4 Å². The molecule has 0 amide bonds. The summed E-state index contributed by atoms with van der Waals surface area (Å²) in [6, 6.07) is 8.54. The molecule has 8 N–H and O–H groups in total. The molecule has 2 saturated heterocycles. The van der Waals surface area contributed by atoms with E-state index >= 15 is 0 Å². The maximum Gasteiger partial charge on any atom is 0.331 e. The Balaban J connectivity index is 1.52. The topological polar surface area (TPSA) is 234 Å². The number of carbonyl (C=O) groups is 1. The molecule has 0 bridgehead atoms. The van der Waals surface area contributed by atoms with Crippen molar-refractivity contribution in [2.75, 3.05) is 20.3 Å². The zero-order valence-corrected chi connectivity index (χ0v) is 24.4. The molecular weight excluding hydrogens is 600 g/mol. The molecule has 15 nitrogen and oxygen atoms in total. The molecule has 45 heavy (non-hydrogen) atoms. The van der Waals surface area contributed by atoms with E-state index in [1.54, 1.807) is 6.07 Å². The van der Waals surface area contributed by atoms with E-state index in [2.05, 4.69) is 0 Å². The van der Waals surface area contributed by atoms with Gasteiger partial charge in [-0.2, -0.15) is 0 Å². The van der Waals surface area contributed by atoms with Crippen LogP contribution in [-0.4, -0.2) is 129 Å². The van der Waals surface area contributed by atoms with Gasteiger partial charge in [0.2, 0.25) is 0 Å². The number of phenols is 3. The monoisotopic (exact) mass is 638 g/mol. The number of phenolic OH excluding ortho intramolecular Hbond substituents is 3. The zero-order valence-electron chi connectivity index (χ0n) is 24.4. The summed E-state index contributed by atoms with van der Waals surface area (Å²) in [5, 5.41) is 81.4. The third-order valence-corrected chi connectivity index (χ3v) is 7.47. The van der Waals surface area contributed by atoms with Gasteiger partial charge in [0.15, 0.2) is 41.7 Å². The first-order chi connectivity index (χ1) is 21.4. The number of aromatic hydroxyl groups is 3. The van der Waals surface area contributed by atoms with Crippen molar-refractivity contribution in [1.82, 2.24) is 0 Å². The Kier molecular flexibility index (Phi) is 11.6. The van der Waals surface area contributed by atoms with Crippen LogP contribution in [0.2, 0.25) is 0 Å². The molecule has 0 saturated carbocycles. The molecule has 0 aromatic heterocycles. The van der Waals surface area contributed by atoms with Gasteiger partial charge in [-0.1, -0.05) is 12.1 Å². The van der Waals surface area contributed by atoms with Crippen molar-refractivity contribution in [2.45, 2.75) is 74.8 Å². The van der Waals surface area contributed by atoms with Crippen molar-refractivity contribution in [2.24, 2.45) is 0 Å². The maximum atomic E-state index is 12.9. The number of aliphatic hydroxyl groups is 5. The van der Waals surface area contributed by atoms with E-state index in [9.17, 15) is 45.6 Å². The Morgan fingerprint density at radius 3 is 2.29 bits per heavy atom. The van der Waals surface area contributed by atoms with E-state index in [-0.39, 0.29) is 36.0 Å². The molecule has 0 aliphatic carbocycles. The molecule has 0 spiro atoms. The SMILES string of the molecule is COc1cc(C=CC(=O)O[C@H]2[C@@H](O[C@@H]3O[C@@H](C)[C@H](O)[C@@H](O)[C@H]3O)[C@@H](O)[C@H](OCCc3ccc(O)c(O)c3)O[C@@H]2CO)ccc1O. The summed E-state index contributed by atoms with van der Waals surface area (Å²) < 4.78 is 33.4. The highest BCUT2D eigenvalue weighted by atomic mass is 16.7. The molecule has 2 aliphatic heterocycles. The first kappa shape index (κ1) is 34.4. The van der Waals surface area contributed by atoms with Gasteiger partial charge in [-0.05, 0) is 54.8 Å². The molecule has 15 heteroatoms. The fourth-order valence-corrected chi connectivity index (χ4v) is 4.91. The minimum Gasteiger partial charge on any atom is -0.504 e. The van der Waals surface area contributed by atoms with Crippen LogP contribution in [0.5, 0.6) is 23.0 Å². The summed E-state index contributed by atoms with van der Waals surface area (Å²) in [7, 11) is 1.36. The number of carbonyl (C=O) groups excluding carboxylic acids is 1. The highest BCUT2D eigenvalue weighted by Gasteiger charge is 2.52. The van der Waals surface area contributed by atoms with E-state index in [1.165, 1.54) is 50.4 Å². The average molecular weight is 639 g/mol. The first-order valence-electron chi connectivity index (χ1n) is 14.1. The van der Waals surface area contributed by atoms with Crippen LogP contribution in [0, 0.1) is 0 Å². The summed E-state index contributed by atoms with van der Waals surface area (Å²) >= 11 is 0. The highest BCUT2D eigenvalue weighted by molar-refractivity contribution is 5.87. The minimum atomic E-state index is -1.76. The number of methoxy groups -OCH3 is 1. The number of hydrogen-bond donors (Lipinski definition) is 8. The Morgan fingerprint density at radius 2 is 1.60 bits per heavy atom. The molecule has 10 atom stereocenters. The third-order valence-electron chi connectivity index (χ3n) is 7.47. The lowest BCUT2D eigenvalue weighted by atomic mass is 9.97. The number of esters is 1. The van der Waals surface area contributed by atoms with Crippen LogP contribution in [0.25, 0.3) is 6.08 Å². The molecule has 0 radical (unpaired) electrons. The van der Waals surface area contributed by atoms with E-state index < -0.39 is 74.0 Å². The molecular formula is C30H38O15. The molecule has 2 fully saturated rings. The van der Waals surface area contributed by atoms with Gasteiger partial charge in [-0.25, -0.2) is 4.79 Å². The van der Waals surface area contributed by atoms with Gasteiger partial charge in [-0.15, -0.1) is 0 Å². The first-order valence-corrected chi connectivity index (χ1v) is 14.1. The van der Waals surface area contributed by atoms with Crippen molar-refractivity contribution in [3.8, 4) is 23.0 Å². The molecule has 2 heterocycles. The smallest absolute Gasteiger partial charge is 0.331 e. The standard InChI is InChI=1S/C30H38O15/c1-14-23(36)24(37)25(38)30(42-14)45-28-26(39)29(41-10-9-16-3-6-17(32)19(34)11-16)43-21(13-31)27(28)44-22(35)8-5-15-4-7-18(33)20(12-15)40-2/h3-8,11-12,14,21,23-34,36-39H,9-10,13H2,1-2H3/t14-,21+,23-,24+,25+,26+,27+,28-,29+,30-/m0/s1. The predicted octanol–water partition coefficient (Wildman–Crippen LogP) is -0.713. The Morgan fingerprint density at radius 1 is 0.867 bits per heavy atom. The van der Waals surface area contributed by atoms with Gasteiger partial charge in [-0.3, -0.25) is 0 Å². The molecule has 0 unspecified atom stereocenters. The van der Waals surface area contributed by atoms with Gasteiger partial charge in [0, 0.05) is 6.08 Å². The van der Waals surface area contributed by atoms with Crippen LogP contribution >= 0.6 is 0 Å². The second-order valence-electron chi connectivity index (χ2n) is 10.6. The second-order valence-corrected chi connectivity index (χ2v) is 10.6.